The fourth-order valence-electron chi connectivity index (χ4n) is 8.85. The van der Waals surface area contributed by atoms with Crippen LogP contribution in [0.3, 0.4) is 0 Å². The zero-order valence-corrected chi connectivity index (χ0v) is 32.1. The van der Waals surface area contributed by atoms with Gasteiger partial charge in [0.25, 0.3) is 5.91 Å². The molecule has 2 aromatic carbocycles. The molecule has 7 atom stereocenters. The van der Waals surface area contributed by atoms with Gasteiger partial charge in [0, 0.05) is 78.0 Å². The molecule has 3 aromatic rings. The molecule has 11 heteroatoms. The number of aliphatic hydroxyl groups is 1. The lowest BCUT2D eigenvalue weighted by Gasteiger charge is -2.49. The minimum atomic E-state index is -3.04. The molecule has 7 rings (SSSR count). The van der Waals surface area contributed by atoms with Crippen LogP contribution in [0.5, 0.6) is 5.75 Å². The molecule has 9 nitrogen and oxygen atoms in total. The van der Waals surface area contributed by atoms with E-state index in [0.717, 1.165) is 42.8 Å². The summed E-state index contributed by atoms with van der Waals surface area (Å²) < 4.78 is 34.5. The second-order valence-electron chi connectivity index (χ2n) is 15.3. The van der Waals surface area contributed by atoms with Crippen LogP contribution in [0.15, 0.2) is 67.0 Å². The zero-order chi connectivity index (χ0) is 36.8. The Morgan fingerprint density at radius 3 is 2.69 bits per heavy atom. The number of nitrogens with one attached hydrogen (secondary N) is 1. The van der Waals surface area contributed by atoms with Crippen molar-refractivity contribution < 1.29 is 28.3 Å². The lowest BCUT2D eigenvalue weighted by Crippen LogP contribution is -2.51. The smallest absolute Gasteiger partial charge is 0.262 e. The van der Waals surface area contributed by atoms with Crippen LogP contribution in [0, 0.1) is 17.8 Å². The summed E-state index contributed by atoms with van der Waals surface area (Å²) in [5, 5.41) is 13.2. The van der Waals surface area contributed by atoms with E-state index in [4.69, 9.17) is 25.8 Å². The first-order valence-electron chi connectivity index (χ1n) is 18.3. The molecule has 1 spiro atoms. The van der Waals surface area contributed by atoms with Crippen molar-refractivity contribution in [2.45, 2.75) is 74.9 Å². The van der Waals surface area contributed by atoms with Crippen molar-refractivity contribution in [2.24, 2.45) is 17.8 Å². The second-order valence-corrected chi connectivity index (χ2v) is 18.2. The number of hydrogen-bond acceptors (Lipinski definition) is 8. The van der Waals surface area contributed by atoms with E-state index in [1.165, 1.54) is 11.1 Å². The van der Waals surface area contributed by atoms with Gasteiger partial charge in [-0.05, 0) is 111 Å². The number of hydrogen-bond donors (Lipinski definition) is 2. The minimum absolute atomic E-state index is 0.105. The number of halogens is 1. The van der Waals surface area contributed by atoms with Gasteiger partial charge in [0.2, 0.25) is 0 Å². The lowest BCUT2D eigenvalue weighted by atomic mass is 9.62. The third-order valence-corrected chi connectivity index (χ3v) is 14.6. The number of pyridine rings is 1. The van der Waals surface area contributed by atoms with Crippen LogP contribution in [0.2, 0.25) is 5.02 Å². The number of rotatable bonds is 4. The van der Waals surface area contributed by atoms with E-state index in [0.29, 0.717) is 48.6 Å². The van der Waals surface area contributed by atoms with Gasteiger partial charge in [0.05, 0.1) is 22.0 Å². The maximum absolute atomic E-state index is 14.0. The molecule has 278 valence electrons. The molecule has 0 radical (unpaired) electrons. The largest absolute Gasteiger partial charge is 0.490 e. The van der Waals surface area contributed by atoms with Crippen LogP contribution < -0.4 is 14.4 Å². The molecule has 52 heavy (non-hydrogen) atoms. The summed E-state index contributed by atoms with van der Waals surface area (Å²) >= 11 is 6.48. The maximum Gasteiger partial charge on any atom is 0.262 e. The van der Waals surface area contributed by atoms with E-state index >= 15 is 0 Å². The van der Waals surface area contributed by atoms with Crippen LogP contribution in [0.25, 0.3) is 0 Å². The van der Waals surface area contributed by atoms with Crippen molar-refractivity contribution in [1.82, 2.24) is 9.71 Å². The van der Waals surface area contributed by atoms with Gasteiger partial charge in [-0.25, -0.2) is 4.21 Å². The highest BCUT2D eigenvalue weighted by Gasteiger charge is 2.49. The molecule has 1 fully saturated rings. The van der Waals surface area contributed by atoms with E-state index in [-0.39, 0.29) is 23.2 Å². The number of aromatic nitrogens is 1. The van der Waals surface area contributed by atoms with Crippen LogP contribution in [0.1, 0.15) is 84.9 Å². The number of nitrogens with zero attached hydrogens (tertiary/aromatic N) is 2. The SMILES string of the molecule is C=S1(=O)NC(=O)c2ccc3c(c2)N(C[C@@H]2CC[C@H]2[C@](O)(c2cncc(C(OC)OC)c2)/C=C/C[C@H](C)[C@H]1C)C[C@@]1(CCCc2cc(Cl)ccc21)CO3. The normalized spacial score (nSPS) is 32.5. The van der Waals surface area contributed by atoms with Gasteiger partial charge in [-0.15, -0.1) is 0 Å². The van der Waals surface area contributed by atoms with Gasteiger partial charge in [0.15, 0.2) is 6.29 Å². The van der Waals surface area contributed by atoms with E-state index in [1.54, 1.807) is 32.7 Å². The number of allylic oxidation sites excluding steroid dienone is 1. The molecule has 1 aromatic heterocycles. The Bertz CT molecular complexity index is 1970. The Labute approximate surface area is 312 Å². The van der Waals surface area contributed by atoms with E-state index < -0.39 is 32.8 Å². The van der Waals surface area contributed by atoms with E-state index in [9.17, 15) is 14.1 Å². The number of methoxy groups -OCH3 is 2. The summed E-state index contributed by atoms with van der Waals surface area (Å²) in [6.07, 6.45) is 11.9. The fraction of sp³-hybridized carbons (Fsp3) is 0.488. The third kappa shape index (κ3) is 6.77. The van der Waals surface area contributed by atoms with Gasteiger partial charge in [0.1, 0.15) is 11.4 Å². The molecule has 3 heterocycles. The van der Waals surface area contributed by atoms with Crippen molar-refractivity contribution in [2.75, 3.05) is 38.8 Å². The topological polar surface area (TPSA) is 110 Å². The van der Waals surface area contributed by atoms with Gasteiger partial charge >= 0.3 is 0 Å². The first-order chi connectivity index (χ1) is 24.9. The van der Waals surface area contributed by atoms with Crippen molar-refractivity contribution >= 4 is 38.8 Å². The van der Waals surface area contributed by atoms with E-state index in [1.807, 2.05) is 50.3 Å². The highest BCUT2D eigenvalue weighted by atomic mass is 35.5. The first kappa shape index (κ1) is 36.9. The van der Waals surface area contributed by atoms with Gasteiger partial charge in [-0.2, -0.15) is 0 Å². The Balaban J connectivity index is 1.35. The summed E-state index contributed by atoms with van der Waals surface area (Å²) in [5.41, 5.74) is 3.43. The predicted molar refractivity (Wildman–Crippen MR) is 206 cm³/mol. The molecule has 4 aliphatic rings. The average molecular weight is 748 g/mol. The summed E-state index contributed by atoms with van der Waals surface area (Å²) in [6.45, 7) is 5.64. The number of carbonyl (C=O) groups is 1. The molecule has 2 bridgehead atoms. The third-order valence-electron chi connectivity index (χ3n) is 12.2. The zero-order valence-electron chi connectivity index (χ0n) is 30.5. The number of carbonyl (C=O) groups excluding carboxylic acids is 1. The van der Waals surface area contributed by atoms with Crippen LogP contribution in [-0.2, 0) is 36.6 Å². The summed E-state index contributed by atoms with van der Waals surface area (Å²) in [7, 11) is 0.121. The lowest BCUT2D eigenvalue weighted by molar-refractivity contribution is -0.106. The highest BCUT2D eigenvalue weighted by Crippen LogP contribution is 2.51. The van der Waals surface area contributed by atoms with Crippen molar-refractivity contribution in [3.63, 3.8) is 0 Å². The summed E-state index contributed by atoms with van der Waals surface area (Å²) in [4.78, 5) is 20.6. The molecule has 1 saturated carbocycles. The van der Waals surface area contributed by atoms with Gasteiger partial charge in [-0.1, -0.05) is 36.7 Å². The van der Waals surface area contributed by atoms with Crippen LogP contribution >= 0.6 is 11.6 Å². The monoisotopic (exact) mass is 747 g/mol. The summed E-state index contributed by atoms with van der Waals surface area (Å²) in [5.74, 6) is 4.16. The average Bonchev–Trinajstić information content (AvgIpc) is 3.26. The molecule has 1 amide bonds. The highest BCUT2D eigenvalue weighted by molar-refractivity contribution is 7.99. The number of anilines is 1. The molecular formula is C41H50ClN3O6S. The molecular weight excluding hydrogens is 698 g/mol. The number of fused-ring (bicyclic) bond motifs is 4. The number of benzene rings is 2. The molecule has 1 unspecified atom stereocenters. The van der Waals surface area contributed by atoms with Crippen molar-refractivity contribution in [3.05, 3.63) is 99.9 Å². The van der Waals surface area contributed by atoms with E-state index in [2.05, 4.69) is 32.6 Å². The van der Waals surface area contributed by atoms with Crippen molar-refractivity contribution in [3.8, 4) is 5.75 Å². The maximum atomic E-state index is 14.0. The molecule has 2 aliphatic heterocycles. The first-order valence-corrected chi connectivity index (χ1v) is 20.4. The Morgan fingerprint density at radius 1 is 1.13 bits per heavy atom. The molecule has 2 aliphatic carbocycles. The Kier molecular flexibility index (Phi) is 10.3. The Hall–Kier alpha value is -3.41. The van der Waals surface area contributed by atoms with Crippen LogP contribution in [0.4, 0.5) is 5.69 Å². The van der Waals surface area contributed by atoms with Crippen molar-refractivity contribution in [1.29, 1.82) is 0 Å². The van der Waals surface area contributed by atoms with Crippen LogP contribution in [-0.4, -0.2) is 65.2 Å². The van der Waals surface area contributed by atoms with Gasteiger partial charge in [-0.3, -0.25) is 14.5 Å². The molecule has 0 saturated heterocycles. The number of ether oxygens (including phenoxy) is 3. The summed E-state index contributed by atoms with van der Waals surface area (Å²) in [6, 6.07) is 13.6. The van der Waals surface area contributed by atoms with Gasteiger partial charge < -0.3 is 24.2 Å². The standard InChI is InChI=1S/C41H50ClN3O6S/c1-26-8-6-17-41(47,32-18-31(21-43-22-32)39(49-3)50-4)35-13-10-30(35)23-45-24-40(16-7-9-28-19-33(42)12-14-34(28)40)25-51-37-15-11-29(20-36(37)45)38(46)44-52(5,48)27(26)2/h6,11-12,14-15,17-22,26-27,30,35,39,47H,5,7-10,13,16,23-25H2,1-4H3,(H,44,46,48)/b17-6+/t26-,27+,30-,35+,40-,41+,52?/m0/s1. The number of amides is 1. The Morgan fingerprint density at radius 2 is 1.94 bits per heavy atom. The predicted octanol–water partition coefficient (Wildman–Crippen LogP) is 6.76. The molecule has 2 N–H and O–H groups in total. The fourth-order valence-corrected chi connectivity index (χ4v) is 10.5. The second kappa shape index (κ2) is 14.4. The minimum Gasteiger partial charge on any atom is -0.490 e. The number of aryl methyl sites for hydroxylation is 1. The quantitative estimate of drug-likeness (QED) is 0.171.